The molecule has 3 rings (SSSR count). The van der Waals surface area contributed by atoms with E-state index in [2.05, 4.69) is 6.08 Å². The van der Waals surface area contributed by atoms with Crippen molar-refractivity contribution >= 4 is 0 Å². The molecule has 0 spiro atoms. The third-order valence-electron chi connectivity index (χ3n) is 5.06. The summed E-state index contributed by atoms with van der Waals surface area (Å²) in [5, 5.41) is 19.8. The fourth-order valence-corrected chi connectivity index (χ4v) is 4.24. The normalized spacial score (nSPS) is 47.9. The summed E-state index contributed by atoms with van der Waals surface area (Å²) in [5.41, 5.74) is 1.66. The lowest BCUT2D eigenvalue weighted by atomic mass is 9.60. The van der Waals surface area contributed by atoms with E-state index in [0.29, 0.717) is 11.8 Å². The molecule has 3 aliphatic carbocycles. The molecule has 0 aliphatic heterocycles. The third kappa shape index (κ3) is 1.63. The van der Waals surface area contributed by atoms with Crippen molar-refractivity contribution in [3.8, 4) is 0 Å². The first-order chi connectivity index (χ1) is 7.77. The van der Waals surface area contributed by atoms with E-state index in [-0.39, 0.29) is 0 Å². The van der Waals surface area contributed by atoms with Crippen molar-refractivity contribution in [1.82, 2.24) is 0 Å². The number of hydrogen-bond acceptors (Lipinski definition) is 2. The zero-order valence-electron chi connectivity index (χ0n) is 9.81. The second-order valence-corrected chi connectivity index (χ2v) is 5.82. The van der Waals surface area contributed by atoms with Crippen LogP contribution in [0.15, 0.2) is 11.6 Å². The van der Waals surface area contributed by atoms with Crippen LogP contribution >= 0.6 is 0 Å². The highest BCUT2D eigenvalue weighted by Gasteiger charge is 2.44. The molecule has 0 saturated heterocycles. The minimum atomic E-state index is -0.463. The molecule has 5 unspecified atom stereocenters. The molecule has 0 aromatic heterocycles. The van der Waals surface area contributed by atoms with Crippen molar-refractivity contribution in [1.29, 1.82) is 0 Å². The van der Waals surface area contributed by atoms with Crippen LogP contribution < -0.4 is 0 Å². The maximum atomic E-state index is 10.1. The van der Waals surface area contributed by atoms with E-state index >= 15 is 0 Å². The standard InChI is InChI=1S/C14H22O2/c15-13-8-7-11-10-4-2-1-3-9(10)5-6-12(11)14(13)16/h3,10-16H,1-2,4-8H2. The molecule has 2 N–H and O–H groups in total. The Morgan fingerprint density at radius 3 is 2.75 bits per heavy atom. The van der Waals surface area contributed by atoms with E-state index in [4.69, 9.17) is 0 Å². The largest absolute Gasteiger partial charge is 0.390 e. The van der Waals surface area contributed by atoms with Crippen molar-refractivity contribution in [2.45, 2.75) is 57.2 Å². The minimum Gasteiger partial charge on any atom is -0.390 e. The van der Waals surface area contributed by atoms with Gasteiger partial charge in [-0.25, -0.2) is 0 Å². The molecule has 2 fully saturated rings. The Balaban J connectivity index is 1.82. The van der Waals surface area contributed by atoms with Crippen LogP contribution in [0.3, 0.4) is 0 Å². The average Bonchev–Trinajstić information content (AvgIpc) is 2.33. The molecule has 2 heteroatoms. The Hall–Kier alpha value is -0.340. The van der Waals surface area contributed by atoms with Crippen molar-refractivity contribution in [2.75, 3.05) is 0 Å². The summed E-state index contributed by atoms with van der Waals surface area (Å²) >= 11 is 0. The molecule has 0 aromatic carbocycles. The molecular weight excluding hydrogens is 200 g/mol. The molecule has 90 valence electrons. The van der Waals surface area contributed by atoms with Crippen LogP contribution in [0.4, 0.5) is 0 Å². The highest BCUT2D eigenvalue weighted by atomic mass is 16.3. The van der Waals surface area contributed by atoms with Crippen molar-refractivity contribution < 1.29 is 10.2 Å². The van der Waals surface area contributed by atoms with Crippen LogP contribution in [0.2, 0.25) is 0 Å². The summed E-state index contributed by atoms with van der Waals surface area (Å²) < 4.78 is 0. The van der Waals surface area contributed by atoms with Gasteiger partial charge in [-0.05, 0) is 62.7 Å². The zero-order chi connectivity index (χ0) is 11.1. The first-order valence-electron chi connectivity index (χ1n) is 6.82. The second kappa shape index (κ2) is 4.15. The van der Waals surface area contributed by atoms with Gasteiger partial charge in [0.1, 0.15) is 0 Å². The third-order valence-corrected chi connectivity index (χ3v) is 5.06. The topological polar surface area (TPSA) is 40.5 Å². The van der Waals surface area contributed by atoms with Gasteiger partial charge in [-0.15, -0.1) is 0 Å². The van der Waals surface area contributed by atoms with Gasteiger partial charge in [0.25, 0.3) is 0 Å². The minimum absolute atomic E-state index is 0.365. The smallest absolute Gasteiger partial charge is 0.0830 e. The highest BCUT2D eigenvalue weighted by Crippen LogP contribution is 2.49. The Kier molecular flexibility index (Phi) is 2.80. The van der Waals surface area contributed by atoms with Crippen LogP contribution in [-0.2, 0) is 0 Å². The number of rotatable bonds is 0. The van der Waals surface area contributed by atoms with Gasteiger partial charge in [0.05, 0.1) is 12.2 Å². The van der Waals surface area contributed by atoms with Crippen LogP contribution in [0.5, 0.6) is 0 Å². The molecule has 16 heavy (non-hydrogen) atoms. The maximum absolute atomic E-state index is 10.1. The predicted molar refractivity (Wildman–Crippen MR) is 62.9 cm³/mol. The summed E-state index contributed by atoms with van der Waals surface area (Å²) in [5.74, 6) is 1.75. The molecule has 0 radical (unpaired) electrons. The van der Waals surface area contributed by atoms with Gasteiger partial charge >= 0.3 is 0 Å². The van der Waals surface area contributed by atoms with E-state index in [1.807, 2.05) is 0 Å². The van der Waals surface area contributed by atoms with Gasteiger partial charge in [0.2, 0.25) is 0 Å². The first-order valence-corrected chi connectivity index (χ1v) is 6.82. The molecule has 2 saturated carbocycles. The van der Waals surface area contributed by atoms with Crippen molar-refractivity contribution in [2.24, 2.45) is 17.8 Å². The Bertz CT molecular complexity index is 297. The maximum Gasteiger partial charge on any atom is 0.0830 e. The van der Waals surface area contributed by atoms with Crippen LogP contribution in [0, 0.1) is 17.8 Å². The molecule has 3 aliphatic rings. The lowest BCUT2D eigenvalue weighted by Crippen LogP contribution is -2.47. The SMILES string of the molecule is OC1CCC2C3CCCC=C3CCC2C1O. The van der Waals surface area contributed by atoms with Crippen LogP contribution in [0.1, 0.15) is 44.9 Å². The number of hydrogen-bond donors (Lipinski definition) is 2. The van der Waals surface area contributed by atoms with E-state index in [1.165, 1.54) is 19.3 Å². The summed E-state index contributed by atoms with van der Waals surface area (Å²) in [6.45, 7) is 0. The van der Waals surface area contributed by atoms with Crippen LogP contribution in [-0.4, -0.2) is 22.4 Å². The molecule has 0 aromatic rings. The summed E-state index contributed by atoms with van der Waals surface area (Å²) in [6.07, 6.45) is 9.58. The Morgan fingerprint density at radius 1 is 1.00 bits per heavy atom. The van der Waals surface area contributed by atoms with Gasteiger partial charge in [-0.2, -0.15) is 0 Å². The quantitative estimate of drug-likeness (QED) is 0.617. The van der Waals surface area contributed by atoms with Crippen molar-refractivity contribution in [3.05, 3.63) is 11.6 Å². The second-order valence-electron chi connectivity index (χ2n) is 5.82. The molecule has 0 bridgehead atoms. The first kappa shape index (κ1) is 10.8. The van der Waals surface area contributed by atoms with Crippen LogP contribution in [0.25, 0.3) is 0 Å². The van der Waals surface area contributed by atoms with E-state index in [0.717, 1.165) is 31.6 Å². The Morgan fingerprint density at radius 2 is 1.88 bits per heavy atom. The van der Waals surface area contributed by atoms with Gasteiger partial charge < -0.3 is 10.2 Å². The molecule has 0 heterocycles. The highest BCUT2D eigenvalue weighted by molar-refractivity contribution is 5.16. The number of fused-ring (bicyclic) bond motifs is 3. The zero-order valence-corrected chi connectivity index (χ0v) is 9.81. The monoisotopic (exact) mass is 222 g/mol. The van der Waals surface area contributed by atoms with Gasteiger partial charge in [0.15, 0.2) is 0 Å². The van der Waals surface area contributed by atoms with E-state index in [1.54, 1.807) is 5.57 Å². The molecular formula is C14H22O2. The number of allylic oxidation sites excluding steroid dienone is 2. The van der Waals surface area contributed by atoms with Gasteiger partial charge in [0, 0.05) is 0 Å². The fourth-order valence-electron chi connectivity index (χ4n) is 4.24. The number of aliphatic hydroxyl groups is 2. The lowest BCUT2D eigenvalue weighted by Gasteiger charge is -2.47. The number of aliphatic hydroxyl groups excluding tert-OH is 2. The predicted octanol–water partition coefficient (Wildman–Crippen LogP) is 2.25. The summed E-state index contributed by atoms with van der Waals surface area (Å²) in [4.78, 5) is 0. The van der Waals surface area contributed by atoms with Gasteiger partial charge in [-0.3, -0.25) is 0 Å². The molecule has 2 nitrogen and oxygen atoms in total. The van der Waals surface area contributed by atoms with E-state index in [9.17, 15) is 10.2 Å². The summed E-state index contributed by atoms with van der Waals surface area (Å²) in [6, 6.07) is 0. The lowest BCUT2D eigenvalue weighted by molar-refractivity contribution is -0.0857. The van der Waals surface area contributed by atoms with E-state index < -0.39 is 12.2 Å². The Labute approximate surface area is 97.4 Å². The molecule has 5 atom stereocenters. The summed E-state index contributed by atoms with van der Waals surface area (Å²) in [7, 11) is 0. The van der Waals surface area contributed by atoms with Gasteiger partial charge in [-0.1, -0.05) is 11.6 Å². The molecule has 0 amide bonds. The van der Waals surface area contributed by atoms with Crippen molar-refractivity contribution in [3.63, 3.8) is 0 Å². The average molecular weight is 222 g/mol. The fraction of sp³-hybridized carbons (Fsp3) is 0.857.